The quantitative estimate of drug-likeness (QED) is 0.766. The van der Waals surface area contributed by atoms with Crippen LogP contribution in [0.1, 0.15) is 12.5 Å². The van der Waals surface area contributed by atoms with Crippen molar-refractivity contribution in [3.8, 4) is 0 Å². The lowest BCUT2D eigenvalue weighted by Crippen LogP contribution is -2.13. The van der Waals surface area contributed by atoms with E-state index in [4.69, 9.17) is 17.3 Å². The first kappa shape index (κ1) is 9.56. The third-order valence-corrected chi connectivity index (χ3v) is 2.30. The summed E-state index contributed by atoms with van der Waals surface area (Å²) in [5.41, 5.74) is 6.72. The lowest BCUT2D eigenvalue weighted by Gasteiger charge is -2.08. The van der Waals surface area contributed by atoms with Crippen LogP contribution in [0.15, 0.2) is 24.3 Å². The van der Waals surface area contributed by atoms with E-state index in [1.54, 1.807) is 0 Å². The van der Waals surface area contributed by atoms with Gasteiger partial charge in [0.25, 0.3) is 0 Å². The standard InChI is InChI=1S/C10H14ClN/c1-8(7-12)6-9-4-2-3-5-10(9)11/h2-5,8H,6-7,12H2,1H3. The predicted octanol–water partition coefficient (Wildman–Crippen LogP) is 2.48. The molecule has 0 saturated heterocycles. The fourth-order valence-electron chi connectivity index (χ4n) is 1.12. The zero-order chi connectivity index (χ0) is 8.97. The maximum atomic E-state index is 5.98. The number of benzene rings is 1. The minimum atomic E-state index is 0.505. The van der Waals surface area contributed by atoms with Gasteiger partial charge < -0.3 is 5.73 Å². The van der Waals surface area contributed by atoms with Crippen LogP contribution < -0.4 is 5.73 Å². The summed E-state index contributed by atoms with van der Waals surface area (Å²) in [6, 6.07) is 7.91. The molecule has 0 bridgehead atoms. The molecule has 0 aliphatic carbocycles. The van der Waals surface area contributed by atoms with Gasteiger partial charge in [0.1, 0.15) is 0 Å². The van der Waals surface area contributed by atoms with Crippen LogP contribution in [0.3, 0.4) is 0 Å². The molecule has 0 aliphatic heterocycles. The van der Waals surface area contributed by atoms with Crippen molar-refractivity contribution in [1.82, 2.24) is 0 Å². The summed E-state index contributed by atoms with van der Waals surface area (Å²) in [4.78, 5) is 0. The Labute approximate surface area is 78.5 Å². The van der Waals surface area contributed by atoms with Crippen molar-refractivity contribution >= 4 is 11.6 Å². The van der Waals surface area contributed by atoms with E-state index in [2.05, 4.69) is 13.0 Å². The Bertz CT molecular complexity index is 247. The van der Waals surface area contributed by atoms with E-state index < -0.39 is 0 Å². The van der Waals surface area contributed by atoms with Gasteiger partial charge in [-0.05, 0) is 30.5 Å². The molecule has 0 saturated carbocycles. The fraction of sp³-hybridized carbons (Fsp3) is 0.400. The van der Waals surface area contributed by atoms with Crippen LogP contribution in [0.2, 0.25) is 5.02 Å². The second kappa shape index (κ2) is 4.48. The summed E-state index contributed by atoms with van der Waals surface area (Å²) in [6.45, 7) is 2.84. The van der Waals surface area contributed by atoms with Crippen LogP contribution in [0, 0.1) is 5.92 Å². The number of hydrogen-bond donors (Lipinski definition) is 1. The van der Waals surface area contributed by atoms with Gasteiger partial charge in [-0.25, -0.2) is 0 Å². The molecule has 66 valence electrons. The van der Waals surface area contributed by atoms with E-state index >= 15 is 0 Å². The van der Waals surface area contributed by atoms with Crippen molar-refractivity contribution in [2.75, 3.05) is 6.54 Å². The van der Waals surface area contributed by atoms with Gasteiger partial charge in [0.2, 0.25) is 0 Å². The molecular formula is C10H14ClN. The summed E-state index contributed by atoms with van der Waals surface area (Å²) < 4.78 is 0. The topological polar surface area (TPSA) is 26.0 Å². The zero-order valence-corrected chi connectivity index (χ0v) is 8.01. The van der Waals surface area contributed by atoms with Crippen LogP contribution >= 0.6 is 11.6 Å². The van der Waals surface area contributed by atoms with Crippen LogP contribution in [0.4, 0.5) is 0 Å². The Morgan fingerprint density at radius 2 is 2.08 bits per heavy atom. The average Bonchev–Trinajstić information content (AvgIpc) is 2.09. The number of rotatable bonds is 3. The molecule has 0 fully saturated rings. The Balaban J connectivity index is 2.69. The SMILES string of the molecule is CC(CN)Cc1ccccc1Cl. The van der Waals surface area contributed by atoms with Crippen molar-refractivity contribution in [2.45, 2.75) is 13.3 Å². The van der Waals surface area contributed by atoms with Gasteiger partial charge in [0.15, 0.2) is 0 Å². The number of hydrogen-bond acceptors (Lipinski definition) is 1. The van der Waals surface area contributed by atoms with E-state index in [0.29, 0.717) is 12.5 Å². The van der Waals surface area contributed by atoms with Crippen molar-refractivity contribution in [3.05, 3.63) is 34.9 Å². The summed E-state index contributed by atoms with van der Waals surface area (Å²) in [7, 11) is 0. The molecule has 1 atom stereocenters. The molecule has 1 nitrogen and oxygen atoms in total. The second-order valence-corrected chi connectivity index (χ2v) is 3.54. The summed E-state index contributed by atoms with van der Waals surface area (Å²) in [6.07, 6.45) is 0.968. The minimum Gasteiger partial charge on any atom is -0.330 e. The Hall–Kier alpha value is -0.530. The molecule has 0 aromatic heterocycles. The maximum absolute atomic E-state index is 5.98. The van der Waals surface area contributed by atoms with Gasteiger partial charge in [0, 0.05) is 5.02 Å². The van der Waals surface area contributed by atoms with Gasteiger partial charge in [0.05, 0.1) is 0 Å². The average molecular weight is 184 g/mol. The molecule has 1 aromatic rings. The summed E-state index contributed by atoms with van der Waals surface area (Å²) in [5.74, 6) is 0.505. The van der Waals surface area contributed by atoms with Gasteiger partial charge >= 0.3 is 0 Å². The van der Waals surface area contributed by atoms with E-state index in [9.17, 15) is 0 Å². The molecule has 2 heteroatoms. The highest BCUT2D eigenvalue weighted by molar-refractivity contribution is 6.31. The molecule has 0 aliphatic rings. The number of halogens is 1. The molecule has 1 rings (SSSR count). The third-order valence-electron chi connectivity index (χ3n) is 1.93. The summed E-state index contributed by atoms with van der Waals surface area (Å²) >= 11 is 5.98. The molecule has 1 aromatic carbocycles. The first-order valence-corrected chi connectivity index (χ1v) is 4.55. The molecule has 0 amide bonds. The van der Waals surface area contributed by atoms with Gasteiger partial charge in [-0.3, -0.25) is 0 Å². The maximum Gasteiger partial charge on any atom is 0.0438 e. The van der Waals surface area contributed by atoms with Crippen LogP contribution in [-0.2, 0) is 6.42 Å². The smallest absolute Gasteiger partial charge is 0.0438 e. The first-order chi connectivity index (χ1) is 5.74. The molecule has 0 radical (unpaired) electrons. The Morgan fingerprint density at radius 1 is 1.42 bits per heavy atom. The third kappa shape index (κ3) is 2.50. The fourth-order valence-corrected chi connectivity index (χ4v) is 1.34. The van der Waals surface area contributed by atoms with Crippen LogP contribution in [0.5, 0.6) is 0 Å². The molecular weight excluding hydrogens is 170 g/mol. The highest BCUT2D eigenvalue weighted by Gasteiger charge is 2.03. The predicted molar refractivity (Wildman–Crippen MR) is 53.4 cm³/mol. The monoisotopic (exact) mass is 183 g/mol. The highest BCUT2D eigenvalue weighted by Crippen LogP contribution is 2.17. The second-order valence-electron chi connectivity index (χ2n) is 3.14. The normalized spacial score (nSPS) is 12.9. The molecule has 0 spiro atoms. The van der Waals surface area contributed by atoms with Crippen LogP contribution in [-0.4, -0.2) is 6.54 Å². The van der Waals surface area contributed by atoms with Crippen LogP contribution in [0.25, 0.3) is 0 Å². The largest absolute Gasteiger partial charge is 0.330 e. The Kier molecular flexibility index (Phi) is 3.57. The lowest BCUT2D eigenvalue weighted by molar-refractivity contribution is 0.593. The van der Waals surface area contributed by atoms with E-state index in [0.717, 1.165) is 11.4 Å². The first-order valence-electron chi connectivity index (χ1n) is 4.17. The van der Waals surface area contributed by atoms with E-state index in [1.165, 1.54) is 5.56 Å². The van der Waals surface area contributed by atoms with Crippen molar-refractivity contribution < 1.29 is 0 Å². The van der Waals surface area contributed by atoms with E-state index in [-0.39, 0.29) is 0 Å². The number of nitrogens with two attached hydrogens (primary N) is 1. The van der Waals surface area contributed by atoms with Crippen molar-refractivity contribution in [3.63, 3.8) is 0 Å². The minimum absolute atomic E-state index is 0.505. The van der Waals surface area contributed by atoms with Gasteiger partial charge in [-0.2, -0.15) is 0 Å². The lowest BCUT2D eigenvalue weighted by atomic mass is 10.0. The Morgan fingerprint density at radius 3 is 2.67 bits per heavy atom. The molecule has 0 heterocycles. The van der Waals surface area contributed by atoms with Gasteiger partial charge in [-0.15, -0.1) is 0 Å². The highest BCUT2D eigenvalue weighted by atomic mass is 35.5. The van der Waals surface area contributed by atoms with Gasteiger partial charge in [-0.1, -0.05) is 36.7 Å². The van der Waals surface area contributed by atoms with Crippen molar-refractivity contribution in [2.24, 2.45) is 11.7 Å². The molecule has 1 unspecified atom stereocenters. The molecule has 2 N–H and O–H groups in total. The van der Waals surface area contributed by atoms with Crippen molar-refractivity contribution in [1.29, 1.82) is 0 Å². The molecule has 12 heavy (non-hydrogen) atoms. The van der Waals surface area contributed by atoms with E-state index in [1.807, 2.05) is 18.2 Å². The summed E-state index contributed by atoms with van der Waals surface area (Å²) in [5, 5.41) is 0.845. The zero-order valence-electron chi connectivity index (χ0n) is 7.26.